The van der Waals surface area contributed by atoms with Gasteiger partial charge >= 0.3 is 0 Å². The zero-order chi connectivity index (χ0) is 11.5. The van der Waals surface area contributed by atoms with E-state index < -0.39 is 10.0 Å². The van der Waals surface area contributed by atoms with Gasteiger partial charge < -0.3 is 0 Å². The fraction of sp³-hybridized carbons (Fsp3) is 0.400. The molecule has 0 bridgehead atoms. The molecule has 0 heterocycles. The van der Waals surface area contributed by atoms with Crippen LogP contribution in [0.5, 0.6) is 0 Å². The molecule has 0 saturated heterocycles. The molecule has 0 spiro atoms. The van der Waals surface area contributed by atoms with Crippen molar-refractivity contribution in [3.05, 3.63) is 35.1 Å². The fourth-order valence-electron chi connectivity index (χ4n) is 1.31. The first-order chi connectivity index (χ1) is 6.88. The minimum Gasteiger partial charge on any atom is -0.215 e. The van der Waals surface area contributed by atoms with E-state index in [4.69, 9.17) is 0 Å². The first-order valence-corrected chi connectivity index (χ1v) is 6.47. The lowest BCUT2D eigenvalue weighted by Gasteiger charge is -2.06. The zero-order valence-electron chi connectivity index (χ0n) is 8.75. The van der Waals surface area contributed by atoms with E-state index in [-0.39, 0.29) is 5.82 Å². The quantitative estimate of drug-likeness (QED) is 0.847. The minimum absolute atomic E-state index is 0.271. The van der Waals surface area contributed by atoms with Gasteiger partial charge in [0.1, 0.15) is 5.82 Å². The van der Waals surface area contributed by atoms with Crippen LogP contribution < -0.4 is 4.72 Å². The average molecular weight is 231 g/mol. The highest BCUT2D eigenvalue weighted by Crippen LogP contribution is 2.10. The molecule has 1 rings (SSSR count). The largest absolute Gasteiger partial charge is 0.215 e. The van der Waals surface area contributed by atoms with Gasteiger partial charge in [-0.25, -0.2) is 17.5 Å². The molecule has 3 nitrogen and oxygen atoms in total. The van der Waals surface area contributed by atoms with E-state index in [2.05, 4.69) is 4.72 Å². The maximum absolute atomic E-state index is 12.7. The summed E-state index contributed by atoms with van der Waals surface area (Å²) < 4.78 is 36.7. The summed E-state index contributed by atoms with van der Waals surface area (Å²) in [6.07, 6.45) is 1.68. The van der Waals surface area contributed by atoms with Crippen molar-refractivity contribution in [2.24, 2.45) is 0 Å². The maximum atomic E-state index is 12.7. The summed E-state index contributed by atoms with van der Waals surface area (Å²) in [5, 5.41) is 0. The van der Waals surface area contributed by atoms with Crippen LogP contribution in [-0.4, -0.2) is 21.2 Å². The van der Waals surface area contributed by atoms with Crippen molar-refractivity contribution in [2.45, 2.75) is 13.3 Å². The third-order valence-corrected chi connectivity index (χ3v) is 2.79. The number of halogens is 1. The van der Waals surface area contributed by atoms with Crippen LogP contribution in [0.2, 0.25) is 0 Å². The number of sulfonamides is 1. The highest BCUT2D eigenvalue weighted by molar-refractivity contribution is 7.88. The van der Waals surface area contributed by atoms with Crippen LogP contribution in [0.4, 0.5) is 4.39 Å². The maximum Gasteiger partial charge on any atom is 0.208 e. The van der Waals surface area contributed by atoms with Gasteiger partial charge in [-0.05, 0) is 36.6 Å². The second-order valence-corrected chi connectivity index (χ2v) is 5.32. The summed E-state index contributed by atoms with van der Waals surface area (Å²) in [5.74, 6) is -0.271. The van der Waals surface area contributed by atoms with Gasteiger partial charge in [-0.1, -0.05) is 6.07 Å². The standard InChI is InChI=1S/C10H14FNO2S/c1-8-7-10(11)4-3-9(8)5-6-12-15(2,13)14/h3-4,7,12H,5-6H2,1-2H3. The molecule has 0 fully saturated rings. The Morgan fingerprint density at radius 1 is 1.40 bits per heavy atom. The Balaban J connectivity index is 2.59. The highest BCUT2D eigenvalue weighted by atomic mass is 32.2. The lowest BCUT2D eigenvalue weighted by Crippen LogP contribution is -2.24. The number of nitrogens with one attached hydrogen (secondary N) is 1. The van der Waals surface area contributed by atoms with E-state index >= 15 is 0 Å². The molecule has 84 valence electrons. The normalized spacial score (nSPS) is 11.7. The smallest absolute Gasteiger partial charge is 0.208 e. The minimum atomic E-state index is -3.14. The second kappa shape index (κ2) is 4.72. The van der Waals surface area contributed by atoms with Crippen LogP contribution in [0.25, 0.3) is 0 Å². The molecule has 0 aromatic heterocycles. The number of benzene rings is 1. The molecule has 0 saturated carbocycles. The molecule has 0 unspecified atom stereocenters. The van der Waals surface area contributed by atoms with E-state index in [1.165, 1.54) is 12.1 Å². The number of rotatable bonds is 4. The molecule has 1 aromatic rings. The van der Waals surface area contributed by atoms with Gasteiger partial charge in [0.05, 0.1) is 6.26 Å². The third kappa shape index (κ3) is 4.40. The topological polar surface area (TPSA) is 46.2 Å². The summed E-state index contributed by atoms with van der Waals surface area (Å²) in [5.41, 5.74) is 1.79. The van der Waals surface area contributed by atoms with Gasteiger partial charge in [-0.2, -0.15) is 0 Å². The molecule has 0 aliphatic rings. The van der Waals surface area contributed by atoms with Crippen LogP contribution in [0.15, 0.2) is 18.2 Å². The average Bonchev–Trinajstić information content (AvgIpc) is 2.07. The van der Waals surface area contributed by atoms with Gasteiger partial charge in [-0.3, -0.25) is 0 Å². The molecule has 0 aliphatic carbocycles. The van der Waals surface area contributed by atoms with Gasteiger partial charge in [0.2, 0.25) is 10.0 Å². The summed E-state index contributed by atoms with van der Waals surface area (Å²) in [4.78, 5) is 0. The predicted molar refractivity (Wildman–Crippen MR) is 57.7 cm³/mol. The molecule has 0 atom stereocenters. The van der Waals surface area contributed by atoms with Crippen molar-refractivity contribution >= 4 is 10.0 Å². The second-order valence-electron chi connectivity index (χ2n) is 3.49. The van der Waals surface area contributed by atoms with Crippen LogP contribution in [0.1, 0.15) is 11.1 Å². The first-order valence-electron chi connectivity index (χ1n) is 4.58. The van der Waals surface area contributed by atoms with Crippen molar-refractivity contribution < 1.29 is 12.8 Å². The van der Waals surface area contributed by atoms with Crippen LogP contribution in [0, 0.1) is 12.7 Å². The van der Waals surface area contributed by atoms with Crippen molar-refractivity contribution in [1.82, 2.24) is 4.72 Å². The highest BCUT2D eigenvalue weighted by Gasteiger charge is 2.02. The molecule has 1 aromatic carbocycles. The molecule has 0 amide bonds. The van der Waals surface area contributed by atoms with E-state index in [0.717, 1.165) is 17.4 Å². The Morgan fingerprint density at radius 3 is 2.60 bits per heavy atom. The molecule has 15 heavy (non-hydrogen) atoms. The first kappa shape index (κ1) is 12.1. The molecule has 1 N–H and O–H groups in total. The third-order valence-electron chi connectivity index (χ3n) is 2.06. The molecule has 0 radical (unpaired) electrons. The SMILES string of the molecule is Cc1cc(F)ccc1CCNS(C)(=O)=O. The Labute approximate surface area is 89.4 Å². The van der Waals surface area contributed by atoms with Crippen molar-refractivity contribution in [2.75, 3.05) is 12.8 Å². The zero-order valence-corrected chi connectivity index (χ0v) is 9.57. The summed E-state index contributed by atoms with van der Waals surface area (Å²) >= 11 is 0. The van der Waals surface area contributed by atoms with Crippen LogP contribution in [0.3, 0.4) is 0 Å². The summed E-state index contributed by atoms with van der Waals surface area (Å²) in [7, 11) is -3.14. The Hall–Kier alpha value is -0.940. The monoisotopic (exact) mass is 231 g/mol. The van der Waals surface area contributed by atoms with Crippen molar-refractivity contribution in [3.63, 3.8) is 0 Å². The molecule has 5 heteroatoms. The Bertz CT molecular complexity index is 443. The molecular formula is C10H14FNO2S. The van der Waals surface area contributed by atoms with Gasteiger partial charge in [0.25, 0.3) is 0 Å². The van der Waals surface area contributed by atoms with Gasteiger partial charge in [0, 0.05) is 6.54 Å². The lowest BCUT2D eigenvalue weighted by atomic mass is 10.1. The van der Waals surface area contributed by atoms with E-state index in [1.807, 2.05) is 0 Å². The van der Waals surface area contributed by atoms with E-state index in [9.17, 15) is 12.8 Å². The summed E-state index contributed by atoms with van der Waals surface area (Å²) in [6, 6.07) is 4.49. The Kier molecular flexibility index (Phi) is 3.82. The fourth-order valence-corrected chi connectivity index (χ4v) is 1.78. The number of hydrogen-bond acceptors (Lipinski definition) is 2. The predicted octanol–water partition coefficient (Wildman–Crippen LogP) is 1.23. The van der Waals surface area contributed by atoms with Crippen molar-refractivity contribution in [3.8, 4) is 0 Å². The van der Waals surface area contributed by atoms with E-state index in [0.29, 0.717) is 13.0 Å². The Morgan fingerprint density at radius 2 is 2.07 bits per heavy atom. The summed E-state index contributed by atoms with van der Waals surface area (Å²) in [6.45, 7) is 2.14. The van der Waals surface area contributed by atoms with Gasteiger partial charge in [0.15, 0.2) is 0 Å². The lowest BCUT2D eigenvalue weighted by molar-refractivity contribution is 0.587. The van der Waals surface area contributed by atoms with Crippen molar-refractivity contribution in [1.29, 1.82) is 0 Å². The molecular weight excluding hydrogens is 217 g/mol. The van der Waals surface area contributed by atoms with E-state index in [1.54, 1.807) is 13.0 Å². The number of hydrogen-bond donors (Lipinski definition) is 1. The van der Waals surface area contributed by atoms with Crippen LogP contribution >= 0.6 is 0 Å². The molecule has 0 aliphatic heterocycles. The van der Waals surface area contributed by atoms with Crippen LogP contribution in [-0.2, 0) is 16.4 Å². The number of aryl methyl sites for hydroxylation is 1. The van der Waals surface area contributed by atoms with Gasteiger partial charge in [-0.15, -0.1) is 0 Å².